The van der Waals surface area contributed by atoms with Crippen molar-refractivity contribution in [3.8, 4) is 0 Å². The Hall–Kier alpha value is -1.03. The third-order valence-electron chi connectivity index (χ3n) is 3.91. The number of hydrogen-bond donors (Lipinski definition) is 1. The van der Waals surface area contributed by atoms with Gasteiger partial charge in [0.1, 0.15) is 0 Å². The molecule has 0 aromatic carbocycles. The van der Waals surface area contributed by atoms with Crippen molar-refractivity contribution in [2.75, 3.05) is 26.2 Å². The summed E-state index contributed by atoms with van der Waals surface area (Å²) in [5.74, 6) is 0.685. The van der Waals surface area contributed by atoms with Crippen LogP contribution in [0.3, 0.4) is 0 Å². The molecule has 2 aliphatic rings. The van der Waals surface area contributed by atoms with Gasteiger partial charge in [-0.15, -0.1) is 0 Å². The Morgan fingerprint density at radius 3 is 3.21 bits per heavy atom. The molecule has 4 heteroatoms. The minimum Gasteiger partial charge on any atom is -0.375 e. The highest BCUT2D eigenvalue weighted by Gasteiger charge is 2.17. The van der Waals surface area contributed by atoms with Crippen LogP contribution in [0.1, 0.15) is 45.4 Å². The Balaban J connectivity index is 1.76. The zero-order valence-electron chi connectivity index (χ0n) is 12.1. The molecule has 0 aromatic rings. The highest BCUT2D eigenvalue weighted by Crippen LogP contribution is 2.19. The molecule has 1 saturated heterocycles. The van der Waals surface area contributed by atoms with Crippen molar-refractivity contribution in [2.45, 2.75) is 51.6 Å². The van der Waals surface area contributed by atoms with Gasteiger partial charge in [0.2, 0.25) is 0 Å². The van der Waals surface area contributed by atoms with Crippen LogP contribution in [0, 0.1) is 0 Å². The highest BCUT2D eigenvalue weighted by atomic mass is 16.5. The monoisotopic (exact) mass is 265 g/mol. The molecule has 2 rings (SSSR count). The van der Waals surface area contributed by atoms with Gasteiger partial charge < -0.3 is 15.4 Å². The first-order valence-electron chi connectivity index (χ1n) is 7.60. The fourth-order valence-corrected chi connectivity index (χ4v) is 2.75. The number of hydrogen-bond acceptors (Lipinski definition) is 2. The molecule has 0 bridgehead atoms. The molecule has 0 amide bonds. The quantitative estimate of drug-likeness (QED) is 0.484. The maximum Gasteiger partial charge on any atom is 0.191 e. The molecule has 0 radical (unpaired) electrons. The SMILES string of the molecule is CC1CN(C(N)=NCCC2=CCCCCC2)CCO1. The average Bonchev–Trinajstić information content (AvgIpc) is 2.67. The summed E-state index contributed by atoms with van der Waals surface area (Å²) in [6.07, 6.45) is 10.3. The zero-order chi connectivity index (χ0) is 13.5. The van der Waals surface area contributed by atoms with Crippen LogP contribution in [0.25, 0.3) is 0 Å². The van der Waals surface area contributed by atoms with E-state index in [1.807, 2.05) is 0 Å². The lowest BCUT2D eigenvalue weighted by molar-refractivity contribution is 0.00530. The summed E-state index contributed by atoms with van der Waals surface area (Å²) in [5.41, 5.74) is 7.63. The van der Waals surface area contributed by atoms with Crippen LogP contribution >= 0.6 is 0 Å². The van der Waals surface area contributed by atoms with Crippen molar-refractivity contribution < 1.29 is 4.74 Å². The fraction of sp³-hybridized carbons (Fsp3) is 0.800. The normalized spacial score (nSPS) is 25.9. The molecule has 0 saturated carbocycles. The van der Waals surface area contributed by atoms with Gasteiger partial charge in [-0.05, 0) is 39.0 Å². The van der Waals surface area contributed by atoms with Crippen molar-refractivity contribution >= 4 is 5.96 Å². The van der Waals surface area contributed by atoms with Crippen molar-refractivity contribution in [1.82, 2.24) is 4.90 Å². The summed E-state index contributed by atoms with van der Waals surface area (Å²) in [6, 6.07) is 0. The third-order valence-corrected chi connectivity index (χ3v) is 3.91. The Kier molecular flexibility index (Phi) is 5.70. The van der Waals surface area contributed by atoms with Gasteiger partial charge in [0.05, 0.1) is 12.7 Å². The number of guanidine groups is 1. The van der Waals surface area contributed by atoms with E-state index in [0.29, 0.717) is 5.96 Å². The third kappa shape index (κ3) is 4.86. The molecule has 1 heterocycles. The molecule has 1 unspecified atom stereocenters. The number of ether oxygens (including phenoxy) is 1. The maximum absolute atomic E-state index is 6.06. The van der Waals surface area contributed by atoms with Crippen molar-refractivity contribution in [3.05, 3.63) is 11.6 Å². The smallest absolute Gasteiger partial charge is 0.191 e. The first-order chi connectivity index (χ1) is 9.25. The number of nitrogens with zero attached hydrogens (tertiary/aromatic N) is 2. The van der Waals surface area contributed by atoms with Gasteiger partial charge >= 0.3 is 0 Å². The van der Waals surface area contributed by atoms with E-state index in [1.165, 1.54) is 32.1 Å². The van der Waals surface area contributed by atoms with Crippen LogP contribution in [-0.4, -0.2) is 43.2 Å². The lowest BCUT2D eigenvalue weighted by Gasteiger charge is -2.31. The lowest BCUT2D eigenvalue weighted by Crippen LogP contribution is -2.47. The standard InChI is InChI=1S/C15H27N3O/c1-13-12-18(10-11-19-13)15(16)17-9-8-14-6-4-2-3-5-7-14/h6,13H,2-5,7-12H2,1H3,(H2,16,17). The first kappa shape index (κ1) is 14.4. The van der Waals surface area contributed by atoms with Gasteiger partial charge in [0.15, 0.2) is 5.96 Å². The molecular weight excluding hydrogens is 238 g/mol. The van der Waals surface area contributed by atoms with Crippen LogP contribution in [0.15, 0.2) is 16.6 Å². The molecular formula is C15H27N3O. The second kappa shape index (κ2) is 7.53. The predicted molar refractivity (Wildman–Crippen MR) is 79.3 cm³/mol. The van der Waals surface area contributed by atoms with Gasteiger partial charge in [0.25, 0.3) is 0 Å². The molecule has 1 aliphatic carbocycles. The lowest BCUT2D eigenvalue weighted by atomic mass is 10.1. The molecule has 2 N–H and O–H groups in total. The Morgan fingerprint density at radius 2 is 2.37 bits per heavy atom. The summed E-state index contributed by atoms with van der Waals surface area (Å²) in [5, 5.41) is 0. The predicted octanol–water partition coefficient (Wildman–Crippen LogP) is 2.30. The van der Waals surface area contributed by atoms with E-state index >= 15 is 0 Å². The molecule has 108 valence electrons. The zero-order valence-corrected chi connectivity index (χ0v) is 12.1. The van der Waals surface area contributed by atoms with Gasteiger partial charge in [-0.2, -0.15) is 0 Å². The average molecular weight is 265 g/mol. The van der Waals surface area contributed by atoms with E-state index in [-0.39, 0.29) is 6.10 Å². The number of nitrogens with two attached hydrogens (primary N) is 1. The Labute approximate surface area is 116 Å². The van der Waals surface area contributed by atoms with Crippen LogP contribution < -0.4 is 5.73 Å². The molecule has 19 heavy (non-hydrogen) atoms. The van der Waals surface area contributed by atoms with E-state index in [1.54, 1.807) is 5.57 Å². The number of allylic oxidation sites excluding steroid dienone is 1. The Bertz CT molecular complexity index is 338. The maximum atomic E-state index is 6.06. The van der Waals surface area contributed by atoms with E-state index < -0.39 is 0 Å². The number of morpholine rings is 1. The second-order valence-electron chi connectivity index (χ2n) is 5.58. The second-order valence-corrected chi connectivity index (χ2v) is 5.58. The topological polar surface area (TPSA) is 50.8 Å². The minimum absolute atomic E-state index is 0.257. The van der Waals surface area contributed by atoms with Gasteiger partial charge in [-0.3, -0.25) is 4.99 Å². The largest absolute Gasteiger partial charge is 0.375 e. The summed E-state index contributed by atoms with van der Waals surface area (Å²) >= 11 is 0. The molecule has 1 aliphatic heterocycles. The van der Waals surface area contributed by atoms with Gasteiger partial charge in [-0.1, -0.05) is 18.1 Å². The highest BCUT2D eigenvalue weighted by molar-refractivity contribution is 5.78. The number of rotatable bonds is 3. The van der Waals surface area contributed by atoms with Crippen molar-refractivity contribution in [1.29, 1.82) is 0 Å². The van der Waals surface area contributed by atoms with E-state index in [4.69, 9.17) is 10.5 Å². The first-order valence-corrected chi connectivity index (χ1v) is 7.60. The number of aliphatic imine (C=N–C) groups is 1. The van der Waals surface area contributed by atoms with E-state index in [2.05, 4.69) is 22.9 Å². The molecule has 4 nitrogen and oxygen atoms in total. The summed E-state index contributed by atoms with van der Waals surface area (Å²) in [6.45, 7) is 5.38. The molecule has 0 spiro atoms. The summed E-state index contributed by atoms with van der Waals surface area (Å²) in [4.78, 5) is 6.67. The molecule has 1 atom stereocenters. The van der Waals surface area contributed by atoms with Crippen LogP contribution in [0.4, 0.5) is 0 Å². The fourth-order valence-electron chi connectivity index (χ4n) is 2.75. The van der Waals surface area contributed by atoms with Crippen LogP contribution in [-0.2, 0) is 4.74 Å². The van der Waals surface area contributed by atoms with E-state index in [0.717, 1.165) is 32.7 Å². The van der Waals surface area contributed by atoms with Crippen LogP contribution in [0.5, 0.6) is 0 Å². The minimum atomic E-state index is 0.257. The Morgan fingerprint density at radius 1 is 1.47 bits per heavy atom. The molecule has 0 aromatic heterocycles. The van der Waals surface area contributed by atoms with Gasteiger partial charge in [-0.25, -0.2) is 0 Å². The van der Waals surface area contributed by atoms with E-state index in [9.17, 15) is 0 Å². The summed E-state index contributed by atoms with van der Waals surface area (Å²) in [7, 11) is 0. The van der Waals surface area contributed by atoms with Crippen LogP contribution in [0.2, 0.25) is 0 Å². The van der Waals surface area contributed by atoms with Gasteiger partial charge in [0, 0.05) is 19.6 Å². The van der Waals surface area contributed by atoms with Crippen molar-refractivity contribution in [3.63, 3.8) is 0 Å². The molecule has 1 fully saturated rings. The summed E-state index contributed by atoms with van der Waals surface area (Å²) < 4.78 is 5.51. The van der Waals surface area contributed by atoms with Crippen molar-refractivity contribution in [2.24, 2.45) is 10.7 Å².